The van der Waals surface area contributed by atoms with Crippen LogP contribution in [0.4, 0.5) is 0 Å². The highest BCUT2D eigenvalue weighted by Gasteiger charge is 2.47. The van der Waals surface area contributed by atoms with Crippen molar-refractivity contribution in [3.8, 4) is 0 Å². The molecule has 1 radical (unpaired) electrons. The monoisotopic (exact) mass is 207 g/mol. The van der Waals surface area contributed by atoms with E-state index in [-0.39, 0.29) is 25.4 Å². The summed E-state index contributed by atoms with van der Waals surface area (Å²) in [5.74, 6) is 0. The maximum Gasteiger partial charge on any atom is 0.0941 e. The van der Waals surface area contributed by atoms with Crippen molar-refractivity contribution in [3.05, 3.63) is 5.08 Å². The van der Waals surface area contributed by atoms with Crippen LogP contribution in [0.2, 0.25) is 0 Å². The van der Waals surface area contributed by atoms with E-state index in [1.54, 1.807) is 23.5 Å². The zero-order valence-electron chi connectivity index (χ0n) is 6.42. The fourth-order valence-corrected chi connectivity index (χ4v) is 4.57. The molecule has 0 spiro atoms. The van der Waals surface area contributed by atoms with Gasteiger partial charge >= 0.3 is 0 Å². The van der Waals surface area contributed by atoms with Crippen LogP contribution >= 0.6 is 23.5 Å². The Morgan fingerprint density at radius 2 is 1.58 bits per heavy atom. The zero-order chi connectivity index (χ0) is 8.55. The van der Waals surface area contributed by atoms with Crippen LogP contribution in [-0.2, 0) is 4.74 Å². The summed E-state index contributed by atoms with van der Waals surface area (Å²) in [5, 5.41) is 20.7. The standard InChI is InChI=1S/C7H11O3S2/c8-1-4-6-7(12-3-11-6)5(2-9)10-4/h3-9H,1-2H2. The molecule has 2 saturated heterocycles. The predicted molar refractivity (Wildman–Crippen MR) is 49.9 cm³/mol. The van der Waals surface area contributed by atoms with Crippen molar-refractivity contribution in [2.75, 3.05) is 13.2 Å². The number of hydrogen-bond donors (Lipinski definition) is 2. The number of aliphatic hydroxyl groups is 2. The van der Waals surface area contributed by atoms with Crippen molar-refractivity contribution in [3.63, 3.8) is 0 Å². The molecule has 5 heteroatoms. The third kappa shape index (κ3) is 1.37. The van der Waals surface area contributed by atoms with E-state index in [0.717, 1.165) is 0 Å². The third-order valence-corrected chi connectivity index (χ3v) is 5.07. The van der Waals surface area contributed by atoms with Crippen LogP contribution in [0.3, 0.4) is 0 Å². The van der Waals surface area contributed by atoms with Gasteiger partial charge in [0.15, 0.2) is 0 Å². The van der Waals surface area contributed by atoms with Gasteiger partial charge in [0, 0.05) is 10.5 Å². The fraction of sp³-hybridized carbons (Fsp3) is 0.857. The van der Waals surface area contributed by atoms with Crippen molar-refractivity contribution in [1.82, 2.24) is 0 Å². The molecule has 2 rings (SSSR count). The van der Waals surface area contributed by atoms with Crippen molar-refractivity contribution in [2.24, 2.45) is 0 Å². The average molecular weight is 207 g/mol. The lowest BCUT2D eigenvalue weighted by molar-refractivity contribution is -0.0101. The second-order valence-corrected chi connectivity index (χ2v) is 5.28. The summed E-state index contributed by atoms with van der Waals surface area (Å²) < 4.78 is 5.47. The van der Waals surface area contributed by atoms with Crippen LogP contribution < -0.4 is 0 Å². The van der Waals surface area contributed by atoms with Gasteiger partial charge in [0.2, 0.25) is 0 Å². The summed E-state index contributed by atoms with van der Waals surface area (Å²) in [6.45, 7) is 0.109. The molecule has 0 aromatic rings. The minimum absolute atomic E-state index is 0.0546. The Hall–Kier alpha value is 0.580. The molecule has 69 valence electrons. The molecule has 0 aliphatic carbocycles. The molecule has 2 heterocycles. The third-order valence-electron chi connectivity index (χ3n) is 2.19. The maximum absolute atomic E-state index is 8.98. The molecule has 2 fully saturated rings. The number of fused-ring (bicyclic) bond motifs is 1. The van der Waals surface area contributed by atoms with E-state index < -0.39 is 0 Å². The lowest BCUT2D eigenvalue weighted by Gasteiger charge is -2.12. The van der Waals surface area contributed by atoms with Gasteiger partial charge in [0.05, 0.1) is 30.5 Å². The van der Waals surface area contributed by atoms with E-state index in [0.29, 0.717) is 10.5 Å². The van der Waals surface area contributed by atoms with Crippen LogP contribution in [0, 0.1) is 5.08 Å². The summed E-state index contributed by atoms with van der Waals surface area (Å²) in [5.41, 5.74) is 0. The molecule has 2 N–H and O–H groups in total. The molecular formula is C7H11O3S2. The lowest BCUT2D eigenvalue weighted by atomic mass is 10.2. The Morgan fingerprint density at radius 3 is 2.00 bits per heavy atom. The lowest BCUT2D eigenvalue weighted by Crippen LogP contribution is -2.26. The zero-order valence-corrected chi connectivity index (χ0v) is 8.05. The van der Waals surface area contributed by atoms with Gasteiger partial charge in [-0.05, 0) is 0 Å². The molecular weight excluding hydrogens is 196 g/mol. The van der Waals surface area contributed by atoms with Crippen LogP contribution in [0.5, 0.6) is 0 Å². The van der Waals surface area contributed by atoms with Crippen molar-refractivity contribution in [2.45, 2.75) is 22.7 Å². The number of aliphatic hydroxyl groups excluding tert-OH is 2. The van der Waals surface area contributed by atoms with Gasteiger partial charge in [-0.15, -0.1) is 23.5 Å². The van der Waals surface area contributed by atoms with Gasteiger partial charge in [-0.25, -0.2) is 0 Å². The van der Waals surface area contributed by atoms with Crippen LogP contribution in [0.1, 0.15) is 0 Å². The first-order chi connectivity index (χ1) is 5.86. The fourth-order valence-electron chi connectivity index (χ4n) is 1.59. The number of ether oxygens (including phenoxy) is 1. The van der Waals surface area contributed by atoms with E-state index in [1.165, 1.54) is 0 Å². The van der Waals surface area contributed by atoms with Gasteiger partial charge in [0.1, 0.15) is 0 Å². The summed E-state index contributed by atoms with van der Waals surface area (Å²) in [6.07, 6.45) is -0.188. The first-order valence-electron chi connectivity index (χ1n) is 3.86. The molecule has 0 amide bonds. The Bertz CT molecular complexity index is 151. The molecule has 0 aromatic heterocycles. The van der Waals surface area contributed by atoms with Crippen LogP contribution in [0.25, 0.3) is 0 Å². The largest absolute Gasteiger partial charge is 0.394 e. The number of rotatable bonds is 2. The summed E-state index contributed by atoms with van der Waals surface area (Å²) in [7, 11) is 0. The quantitative estimate of drug-likeness (QED) is 0.671. The van der Waals surface area contributed by atoms with E-state index in [1.807, 2.05) is 0 Å². The van der Waals surface area contributed by atoms with E-state index in [9.17, 15) is 0 Å². The molecule has 12 heavy (non-hydrogen) atoms. The molecule has 0 saturated carbocycles. The Balaban J connectivity index is 2.05. The van der Waals surface area contributed by atoms with Gasteiger partial charge in [-0.3, -0.25) is 0 Å². The number of thioether (sulfide) groups is 2. The minimum atomic E-state index is -0.0941. The van der Waals surface area contributed by atoms with Gasteiger partial charge in [-0.1, -0.05) is 0 Å². The maximum atomic E-state index is 8.98. The highest BCUT2D eigenvalue weighted by Crippen LogP contribution is 2.49. The minimum Gasteiger partial charge on any atom is -0.394 e. The van der Waals surface area contributed by atoms with Crippen molar-refractivity contribution < 1.29 is 14.9 Å². The first-order valence-corrected chi connectivity index (χ1v) is 5.75. The van der Waals surface area contributed by atoms with E-state index in [4.69, 9.17) is 14.9 Å². The molecule has 2 aliphatic rings. The van der Waals surface area contributed by atoms with Crippen LogP contribution in [-0.4, -0.2) is 46.1 Å². The summed E-state index contributed by atoms with van der Waals surface area (Å²) in [4.78, 5) is 0. The second kappa shape index (κ2) is 3.75. The summed E-state index contributed by atoms with van der Waals surface area (Å²) in [6, 6.07) is 0. The first kappa shape index (κ1) is 9.15. The van der Waals surface area contributed by atoms with Gasteiger partial charge in [0.25, 0.3) is 0 Å². The normalized spacial score (nSPS) is 46.5. The smallest absolute Gasteiger partial charge is 0.0941 e. The highest BCUT2D eigenvalue weighted by atomic mass is 32.2. The molecule has 2 aliphatic heterocycles. The topological polar surface area (TPSA) is 49.7 Å². The van der Waals surface area contributed by atoms with Crippen molar-refractivity contribution in [1.29, 1.82) is 0 Å². The Morgan fingerprint density at radius 1 is 1.08 bits per heavy atom. The van der Waals surface area contributed by atoms with Gasteiger partial charge < -0.3 is 14.9 Å². The molecule has 4 unspecified atom stereocenters. The second-order valence-electron chi connectivity index (χ2n) is 2.88. The van der Waals surface area contributed by atoms with Gasteiger partial charge in [-0.2, -0.15) is 0 Å². The average Bonchev–Trinajstić information content (AvgIpc) is 2.63. The summed E-state index contributed by atoms with van der Waals surface area (Å²) >= 11 is 3.41. The SMILES string of the molecule is OCC1OC(CO)C2S[CH]SC12. The Kier molecular flexibility index (Phi) is 2.86. The number of hydrogen-bond acceptors (Lipinski definition) is 5. The van der Waals surface area contributed by atoms with E-state index >= 15 is 0 Å². The molecule has 0 aromatic carbocycles. The molecule has 0 bridgehead atoms. The highest BCUT2D eigenvalue weighted by molar-refractivity contribution is 8.23. The van der Waals surface area contributed by atoms with Crippen molar-refractivity contribution >= 4 is 23.5 Å². The molecule has 4 atom stereocenters. The Labute approximate surface area is 79.9 Å². The predicted octanol–water partition coefficient (Wildman–Crippen LogP) is 0.0749. The molecule has 3 nitrogen and oxygen atoms in total. The van der Waals surface area contributed by atoms with E-state index in [2.05, 4.69) is 5.08 Å². The van der Waals surface area contributed by atoms with Crippen LogP contribution in [0.15, 0.2) is 0 Å².